The molecule has 0 aromatic carbocycles. The van der Waals surface area contributed by atoms with Gasteiger partial charge in [0.25, 0.3) is 0 Å². The summed E-state index contributed by atoms with van der Waals surface area (Å²) in [4.78, 5) is 14.2. The molecule has 76 valence electrons. The molecule has 0 N–H and O–H groups in total. The molecule has 4 saturated heterocycles. The molecule has 1 spiro atoms. The number of carbonyl (C=O) groups is 1. The Hall–Kier alpha value is -0.220. The molecule has 4 fully saturated rings. The second kappa shape index (κ2) is 2.30. The zero-order valence-corrected chi connectivity index (χ0v) is 8.76. The van der Waals surface area contributed by atoms with Crippen LogP contribution in [0.25, 0.3) is 0 Å². The van der Waals surface area contributed by atoms with Gasteiger partial charge in [-0.25, -0.2) is 0 Å². The predicted molar refractivity (Wildman–Crippen MR) is 52.9 cm³/mol. The van der Waals surface area contributed by atoms with Gasteiger partial charge in [0.2, 0.25) is 5.91 Å². The van der Waals surface area contributed by atoms with Crippen LogP contribution in [-0.4, -0.2) is 40.2 Å². The molecule has 2 bridgehead atoms. The van der Waals surface area contributed by atoms with Gasteiger partial charge >= 0.3 is 0 Å². The predicted octanol–water partition coefficient (Wildman–Crippen LogP) is 0.839. The Morgan fingerprint density at radius 1 is 1.57 bits per heavy atom. The number of hydrogen-bond acceptors (Lipinski definition) is 3. The lowest BCUT2D eigenvalue weighted by Crippen LogP contribution is -2.40. The molecule has 0 saturated carbocycles. The molecule has 1 amide bonds. The maximum Gasteiger partial charge on any atom is 0.229 e. The summed E-state index contributed by atoms with van der Waals surface area (Å²) in [5.74, 6) is 1.68. The minimum absolute atomic E-state index is 0.0666. The lowest BCUT2D eigenvalue weighted by atomic mass is 9.80. The van der Waals surface area contributed by atoms with E-state index in [1.54, 1.807) is 0 Å². The number of fused-ring (bicyclic) bond motifs is 2. The van der Waals surface area contributed by atoms with Crippen LogP contribution in [0, 0.1) is 5.92 Å². The zero-order valence-electron chi connectivity index (χ0n) is 7.94. The lowest BCUT2D eigenvalue weighted by Gasteiger charge is -2.28. The Morgan fingerprint density at radius 3 is 3.36 bits per heavy atom. The van der Waals surface area contributed by atoms with E-state index in [1.807, 2.05) is 11.8 Å². The first-order valence-corrected chi connectivity index (χ1v) is 6.46. The van der Waals surface area contributed by atoms with Crippen LogP contribution in [0.1, 0.15) is 19.3 Å². The summed E-state index contributed by atoms with van der Waals surface area (Å²) >= 11 is 1.92. The summed E-state index contributed by atoms with van der Waals surface area (Å²) in [7, 11) is 0. The van der Waals surface area contributed by atoms with Crippen molar-refractivity contribution < 1.29 is 9.53 Å². The van der Waals surface area contributed by atoms with Crippen molar-refractivity contribution in [3.63, 3.8) is 0 Å². The zero-order chi connectivity index (χ0) is 9.34. The lowest BCUT2D eigenvalue weighted by molar-refractivity contribution is -0.131. The van der Waals surface area contributed by atoms with Gasteiger partial charge in [0, 0.05) is 12.3 Å². The van der Waals surface area contributed by atoms with Gasteiger partial charge < -0.3 is 9.64 Å². The van der Waals surface area contributed by atoms with Crippen LogP contribution < -0.4 is 0 Å². The van der Waals surface area contributed by atoms with E-state index in [-0.39, 0.29) is 11.5 Å². The Bertz CT molecular complexity index is 321. The first-order chi connectivity index (χ1) is 6.81. The Balaban J connectivity index is 1.83. The summed E-state index contributed by atoms with van der Waals surface area (Å²) in [6, 6.07) is 0. The highest BCUT2D eigenvalue weighted by molar-refractivity contribution is 8.00. The van der Waals surface area contributed by atoms with Crippen LogP contribution in [0.3, 0.4) is 0 Å². The molecule has 0 aliphatic carbocycles. The Kier molecular flexibility index (Phi) is 1.31. The second-order valence-corrected chi connectivity index (χ2v) is 5.96. The average Bonchev–Trinajstić information content (AvgIpc) is 2.90. The third-order valence-corrected chi connectivity index (χ3v) is 5.61. The van der Waals surface area contributed by atoms with Crippen LogP contribution >= 0.6 is 11.8 Å². The molecule has 0 aromatic heterocycles. The van der Waals surface area contributed by atoms with Gasteiger partial charge in [0.15, 0.2) is 0 Å². The van der Waals surface area contributed by atoms with E-state index in [1.165, 1.54) is 6.42 Å². The Morgan fingerprint density at radius 2 is 2.50 bits per heavy atom. The summed E-state index contributed by atoms with van der Waals surface area (Å²) in [6.45, 7) is 0.945. The monoisotopic (exact) mass is 211 g/mol. The van der Waals surface area contributed by atoms with E-state index in [0.717, 1.165) is 25.1 Å². The molecule has 4 unspecified atom stereocenters. The SMILES string of the molecule is O=C1C2CC3CCC2(O3)C2SCCN12. The maximum absolute atomic E-state index is 12.1. The highest BCUT2D eigenvalue weighted by Gasteiger charge is 2.68. The number of hydrogen-bond donors (Lipinski definition) is 0. The van der Waals surface area contributed by atoms with Crippen molar-refractivity contribution in [2.75, 3.05) is 12.3 Å². The topological polar surface area (TPSA) is 29.5 Å². The fourth-order valence-electron chi connectivity index (χ4n) is 3.66. The van der Waals surface area contributed by atoms with E-state index in [2.05, 4.69) is 4.90 Å². The number of rotatable bonds is 0. The maximum atomic E-state index is 12.1. The first kappa shape index (κ1) is 7.99. The van der Waals surface area contributed by atoms with E-state index in [9.17, 15) is 4.79 Å². The van der Waals surface area contributed by atoms with Crippen molar-refractivity contribution in [3.05, 3.63) is 0 Å². The van der Waals surface area contributed by atoms with Gasteiger partial charge in [-0.2, -0.15) is 0 Å². The van der Waals surface area contributed by atoms with Gasteiger partial charge in [-0.1, -0.05) is 0 Å². The molecule has 0 radical (unpaired) electrons. The number of nitrogens with zero attached hydrogens (tertiary/aromatic N) is 1. The standard InChI is InChI=1S/C10H13NO2S/c12-8-7-5-6-1-2-10(7,13-6)9-11(8)3-4-14-9/h6-7,9H,1-5H2. The smallest absolute Gasteiger partial charge is 0.229 e. The van der Waals surface area contributed by atoms with Crippen molar-refractivity contribution in [3.8, 4) is 0 Å². The third-order valence-electron chi connectivity index (χ3n) is 4.22. The minimum atomic E-state index is -0.0666. The molecule has 4 heteroatoms. The molecule has 0 aromatic rings. The van der Waals surface area contributed by atoms with Crippen molar-refractivity contribution in [2.24, 2.45) is 5.92 Å². The van der Waals surface area contributed by atoms with Crippen LogP contribution in [0.15, 0.2) is 0 Å². The van der Waals surface area contributed by atoms with Gasteiger partial charge in [0.05, 0.1) is 12.0 Å². The molecule has 4 rings (SSSR count). The largest absolute Gasteiger partial charge is 0.368 e. The van der Waals surface area contributed by atoms with Crippen LogP contribution in [0.2, 0.25) is 0 Å². The first-order valence-electron chi connectivity index (χ1n) is 5.41. The van der Waals surface area contributed by atoms with Crippen LogP contribution in [-0.2, 0) is 9.53 Å². The molecule has 14 heavy (non-hydrogen) atoms. The molecule has 3 nitrogen and oxygen atoms in total. The van der Waals surface area contributed by atoms with Gasteiger partial charge in [-0.05, 0) is 19.3 Å². The number of amides is 1. The quantitative estimate of drug-likeness (QED) is 0.594. The summed E-state index contributed by atoms with van der Waals surface area (Å²) < 4.78 is 6.08. The highest BCUT2D eigenvalue weighted by Crippen LogP contribution is 2.59. The minimum Gasteiger partial charge on any atom is -0.368 e. The molecule has 4 aliphatic rings. The van der Waals surface area contributed by atoms with Crippen molar-refractivity contribution in [1.29, 1.82) is 0 Å². The van der Waals surface area contributed by atoms with E-state index in [4.69, 9.17) is 4.74 Å². The summed E-state index contributed by atoms with van der Waals surface area (Å²) in [6.07, 6.45) is 3.68. The van der Waals surface area contributed by atoms with Crippen molar-refractivity contribution in [2.45, 2.75) is 36.3 Å². The normalized spacial score (nSPS) is 54.1. The van der Waals surface area contributed by atoms with Crippen LogP contribution in [0.4, 0.5) is 0 Å². The van der Waals surface area contributed by atoms with Gasteiger partial charge in [-0.3, -0.25) is 4.79 Å². The van der Waals surface area contributed by atoms with E-state index in [0.29, 0.717) is 17.4 Å². The molecule has 4 aliphatic heterocycles. The second-order valence-electron chi connectivity index (χ2n) is 4.78. The van der Waals surface area contributed by atoms with Crippen LogP contribution in [0.5, 0.6) is 0 Å². The molecule has 4 heterocycles. The third kappa shape index (κ3) is 0.683. The average molecular weight is 211 g/mol. The fourth-order valence-corrected chi connectivity index (χ4v) is 5.20. The van der Waals surface area contributed by atoms with E-state index < -0.39 is 0 Å². The van der Waals surface area contributed by atoms with Gasteiger partial charge in [-0.15, -0.1) is 11.8 Å². The molecular weight excluding hydrogens is 198 g/mol. The summed E-state index contributed by atoms with van der Waals surface area (Å²) in [5.41, 5.74) is -0.0666. The summed E-state index contributed by atoms with van der Waals surface area (Å²) in [5, 5.41) is 0.354. The fraction of sp³-hybridized carbons (Fsp3) is 0.900. The van der Waals surface area contributed by atoms with Crippen molar-refractivity contribution >= 4 is 17.7 Å². The highest BCUT2D eigenvalue weighted by atomic mass is 32.2. The number of carbonyl (C=O) groups excluding carboxylic acids is 1. The Labute approximate surface area is 87.2 Å². The van der Waals surface area contributed by atoms with Gasteiger partial charge in [0.1, 0.15) is 11.0 Å². The number of ether oxygens (including phenoxy) is 1. The molecule has 4 atom stereocenters. The van der Waals surface area contributed by atoms with E-state index >= 15 is 0 Å². The van der Waals surface area contributed by atoms with Crippen molar-refractivity contribution in [1.82, 2.24) is 4.90 Å². The molecular formula is C10H13NO2S. The number of thioether (sulfide) groups is 1.